The highest BCUT2D eigenvalue weighted by Crippen LogP contribution is 2.21. The second-order valence-corrected chi connectivity index (χ2v) is 5.69. The Bertz CT molecular complexity index is 381. The van der Waals surface area contributed by atoms with E-state index >= 15 is 0 Å². The van der Waals surface area contributed by atoms with Crippen molar-refractivity contribution >= 4 is 11.6 Å². The largest absolute Gasteiger partial charge is 0.373 e. The molecule has 0 saturated heterocycles. The molecule has 0 fully saturated rings. The lowest BCUT2D eigenvalue weighted by molar-refractivity contribution is 0.425. The fourth-order valence-corrected chi connectivity index (χ4v) is 1.41. The van der Waals surface area contributed by atoms with E-state index in [2.05, 4.69) is 60.4 Å². The summed E-state index contributed by atoms with van der Waals surface area (Å²) in [4.78, 5) is 11.2. The molecule has 0 saturated carbocycles. The molecule has 0 amide bonds. The highest BCUT2D eigenvalue weighted by Gasteiger charge is 2.18. The number of hydrogen-bond acceptors (Lipinski definition) is 5. The molecule has 5 nitrogen and oxygen atoms in total. The standard InChI is InChI=1S/C13H25N5/c1-13(2,3)12-16-10(14-4)9-11(17-12)15-7-8-18(5)6/h9H,7-8H2,1-6H3,(H2,14,15,16,17). The summed E-state index contributed by atoms with van der Waals surface area (Å²) in [7, 11) is 5.99. The van der Waals surface area contributed by atoms with Crippen LogP contribution in [0.25, 0.3) is 0 Å². The molecular formula is C13H25N5. The van der Waals surface area contributed by atoms with Crippen LogP contribution in [0.2, 0.25) is 0 Å². The van der Waals surface area contributed by atoms with Crippen molar-refractivity contribution in [3.63, 3.8) is 0 Å². The summed E-state index contributed by atoms with van der Waals surface area (Å²) in [6.45, 7) is 8.20. The molecule has 1 rings (SSSR count). The number of aromatic nitrogens is 2. The lowest BCUT2D eigenvalue weighted by atomic mass is 9.96. The van der Waals surface area contributed by atoms with Crippen LogP contribution >= 0.6 is 0 Å². The monoisotopic (exact) mass is 251 g/mol. The number of hydrogen-bond donors (Lipinski definition) is 2. The molecule has 1 aromatic rings. The Morgan fingerprint density at radius 3 is 2.28 bits per heavy atom. The van der Waals surface area contributed by atoms with E-state index in [-0.39, 0.29) is 5.41 Å². The number of anilines is 2. The Morgan fingerprint density at radius 2 is 1.78 bits per heavy atom. The lowest BCUT2D eigenvalue weighted by Gasteiger charge is -2.19. The van der Waals surface area contributed by atoms with Crippen molar-refractivity contribution in [2.24, 2.45) is 0 Å². The first kappa shape index (κ1) is 14.7. The van der Waals surface area contributed by atoms with E-state index < -0.39 is 0 Å². The summed E-state index contributed by atoms with van der Waals surface area (Å²) in [6, 6.07) is 1.94. The van der Waals surface area contributed by atoms with Crippen LogP contribution in [0.5, 0.6) is 0 Å². The fourth-order valence-electron chi connectivity index (χ4n) is 1.41. The summed E-state index contributed by atoms with van der Waals surface area (Å²) in [5, 5.41) is 6.41. The van der Waals surface area contributed by atoms with Crippen molar-refractivity contribution in [3.8, 4) is 0 Å². The van der Waals surface area contributed by atoms with Crippen molar-refractivity contribution in [1.29, 1.82) is 0 Å². The van der Waals surface area contributed by atoms with Crippen LogP contribution in [-0.2, 0) is 5.41 Å². The van der Waals surface area contributed by atoms with Crippen LogP contribution in [0.1, 0.15) is 26.6 Å². The van der Waals surface area contributed by atoms with Gasteiger partial charge in [0.25, 0.3) is 0 Å². The predicted octanol–water partition coefficient (Wildman–Crippen LogP) is 1.79. The van der Waals surface area contributed by atoms with E-state index in [4.69, 9.17) is 0 Å². The number of likely N-dealkylation sites (N-methyl/N-ethyl adjacent to an activating group) is 1. The molecule has 18 heavy (non-hydrogen) atoms. The molecule has 5 heteroatoms. The maximum absolute atomic E-state index is 4.57. The summed E-state index contributed by atoms with van der Waals surface area (Å²) < 4.78 is 0. The molecule has 0 radical (unpaired) electrons. The maximum Gasteiger partial charge on any atom is 0.138 e. The zero-order valence-electron chi connectivity index (χ0n) is 12.3. The zero-order valence-corrected chi connectivity index (χ0v) is 12.3. The third kappa shape index (κ3) is 4.49. The predicted molar refractivity (Wildman–Crippen MR) is 77.3 cm³/mol. The first-order valence-electron chi connectivity index (χ1n) is 6.29. The molecular weight excluding hydrogens is 226 g/mol. The molecule has 0 aromatic carbocycles. The molecule has 0 atom stereocenters. The van der Waals surface area contributed by atoms with Gasteiger partial charge >= 0.3 is 0 Å². The van der Waals surface area contributed by atoms with Crippen molar-refractivity contribution in [2.75, 3.05) is 44.9 Å². The number of nitrogens with one attached hydrogen (secondary N) is 2. The van der Waals surface area contributed by atoms with Crippen LogP contribution in [0.4, 0.5) is 11.6 Å². The molecule has 2 N–H and O–H groups in total. The van der Waals surface area contributed by atoms with Crippen LogP contribution < -0.4 is 10.6 Å². The molecule has 1 aromatic heterocycles. The van der Waals surface area contributed by atoms with E-state index in [1.54, 1.807) is 0 Å². The summed E-state index contributed by atoms with van der Waals surface area (Å²) in [5.74, 6) is 2.57. The Hall–Kier alpha value is -1.36. The minimum absolute atomic E-state index is 0.0508. The van der Waals surface area contributed by atoms with Gasteiger partial charge in [-0.05, 0) is 14.1 Å². The first-order valence-corrected chi connectivity index (χ1v) is 6.29. The van der Waals surface area contributed by atoms with Gasteiger partial charge in [0, 0.05) is 31.6 Å². The van der Waals surface area contributed by atoms with Crippen molar-refractivity contribution < 1.29 is 0 Å². The van der Waals surface area contributed by atoms with Crippen LogP contribution in [0, 0.1) is 0 Å². The molecule has 0 unspecified atom stereocenters. The second-order valence-electron chi connectivity index (χ2n) is 5.69. The maximum atomic E-state index is 4.57. The molecule has 0 aliphatic carbocycles. The Morgan fingerprint density at radius 1 is 1.17 bits per heavy atom. The Kier molecular flexibility index (Phi) is 4.90. The molecule has 0 bridgehead atoms. The molecule has 0 aliphatic heterocycles. The van der Waals surface area contributed by atoms with Crippen molar-refractivity contribution in [2.45, 2.75) is 26.2 Å². The van der Waals surface area contributed by atoms with Gasteiger partial charge in [-0.1, -0.05) is 20.8 Å². The van der Waals surface area contributed by atoms with Gasteiger partial charge in [0.1, 0.15) is 17.5 Å². The van der Waals surface area contributed by atoms with Gasteiger partial charge in [-0.2, -0.15) is 0 Å². The first-order chi connectivity index (χ1) is 8.32. The van der Waals surface area contributed by atoms with Crippen LogP contribution in [0.3, 0.4) is 0 Å². The van der Waals surface area contributed by atoms with Crippen LogP contribution in [-0.4, -0.2) is 49.1 Å². The molecule has 102 valence electrons. The third-order valence-electron chi connectivity index (χ3n) is 2.52. The lowest BCUT2D eigenvalue weighted by Crippen LogP contribution is -2.22. The van der Waals surface area contributed by atoms with Gasteiger partial charge in [0.15, 0.2) is 0 Å². The number of nitrogens with zero attached hydrogens (tertiary/aromatic N) is 3. The van der Waals surface area contributed by atoms with E-state index in [1.807, 2.05) is 13.1 Å². The van der Waals surface area contributed by atoms with Gasteiger partial charge in [-0.25, -0.2) is 9.97 Å². The van der Waals surface area contributed by atoms with Crippen LogP contribution in [0.15, 0.2) is 6.07 Å². The second kappa shape index (κ2) is 6.00. The Balaban J connectivity index is 2.84. The van der Waals surface area contributed by atoms with E-state index in [9.17, 15) is 0 Å². The average Bonchev–Trinajstić information content (AvgIpc) is 2.27. The molecule has 0 spiro atoms. The highest BCUT2D eigenvalue weighted by atomic mass is 15.1. The molecule has 1 heterocycles. The minimum atomic E-state index is -0.0508. The topological polar surface area (TPSA) is 53.1 Å². The summed E-state index contributed by atoms with van der Waals surface area (Å²) >= 11 is 0. The van der Waals surface area contributed by atoms with Gasteiger partial charge in [0.2, 0.25) is 0 Å². The molecule has 0 aliphatic rings. The summed E-state index contributed by atoms with van der Waals surface area (Å²) in [6.07, 6.45) is 0. The Labute approximate surface area is 110 Å². The normalized spacial score (nSPS) is 11.7. The van der Waals surface area contributed by atoms with E-state index in [0.717, 1.165) is 30.5 Å². The SMILES string of the molecule is CNc1cc(NCCN(C)C)nc(C(C)(C)C)n1. The fraction of sp³-hybridized carbons (Fsp3) is 0.692. The van der Waals surface area contributed by atoms with E-state index in [0.29, 0.717) is 0 Å². The smallest absolute Gasteiger partial charge is 0.138 e. The third-order valence-corrected chi connectivity index (χ3v) is 2.52. The average molecular weight is 251 g/mol. The van der Waals surface area contributed by atoms with Crippen molar-refractivity contribution in [3.05, 3.63) is 11.9 Å². The van der Waals surface area contributed by atoms with Crippen molar-refractivity contribution in [1.82, 2.24) is 14.9 Å². The number of rotatable bonds is 5. The van der Waals surface area contributed by atoms with Gasteiger partial charge in [0.05, 0.1) is 0 Å². The summed E-state index contributed by atoms with van der Waals surface area (Å²) in [5.41, 5.74) is -0.0508. The van der Waals surface area contributed by atoms with Gasteiger partial charge in [-0.15, -0.1) is 0 Å². The van der Waals surface area contributed by atoms with Gasteiger partial charge < -0.3 is 15.5 Å². The zero-order chi connectivity index (χ0) is 13.8. The highest BCUT2D eigenvalue weighted by molar-refractivity contribution is 5.47. The quantitative estimate of drug-likeness (QED) is 0.835. The van der Waals surface area contributed by atoms with Gasteiger partial charge in [-0.3, -0.25) is 0 Å². The van der Waals surface area contributed by atoms with E-state index in [1.165, 1.54) is 0 Å². The minimum Gasteiger partial charge on any atom is -0.373 e.